The van der Waals surface area contributed by atoms with Crippen LogP contribution in [0.5, 0.6) is 0 Å². The van der Waals surface area contributed by atoms with Crippen LogP contribution in [-0.4, -0.2) is 42.5 Å². The monoisotopic (exact) mass is 199 g/mol. The predicted octanol–water partition coefficient (Wildman–Crippen LogP) is -0.0659. The molecule has 1 aliphatic carbocycles. The summed E-state index contributed by atoms with van der Waals surface area (Å²) in [6.45, 7) is 6.59. The number of hydrogen-bond donors (Lipinski definition) is 2. The van der Waals surface area contributed by atoms with Gasteiger partial charge in [0.25, 0.3) is 0 Å². The zero-order valence-corrected chi connectivity index (χ0v) is 9.12. The van der Waals surface area contributed by atoms with Gasteiger partial charge in [0.1, 0.15) is 0 Å². The number of carbonyl (C=O) groups is 1. The lowest BCUT2D eigenvalue weighted by molar-refractivity contribution is -0.122. The first-order valence-electron chi connectivity index (χ1n) is 5.42. The Balaban J connectivity index is 2.09. The Hall–Kier alpha value is -0.610. The fourth-order valence-corrected chi connectivity index (χ4v) is 1.52. The summed E-state index contributed by atoms with van der Waals surface area (Å²) in [7, 11) is 0. The average Bonchev–Trinajstić information content (AvgIpc) is 2.95. The summed E-state index contributed by atoms with van der Waals surface area (Å²) in [6, 6.07) is 0.373. The SMILES string of the molecule is CCN(CCNC(=O)[C@@H](C)N)C1CC1. The van der Waals surface area contributed by atoms with Crippen LogP contribution < -0.4 is 11.1 Å². The molecule has 1 aliphatic rings. The number of hydrogen-bond acceptors (Lipinski definition) is 3. The Morgan fingerprint density at radius 1 is 1.64 bits per heavy atom. The summed E-state index contributed by atoms with van der Waals surface area (Å²) < 4.78 is 0. The Bertz CT molecular complexity index is 190. The summed E-state index contributed by atoms with van der Waals surface area (Å²) in [4.78, 5) is 13.5. The molecular weight excluding hydrogens is 178 g/mol. The van der Waals surface area contributed by atoms with Gasteiger partial charge in [-0.25, -0.2) is 0 Å². The molecular formula is C10H21N3O. The first-order valence-corrected chi connectivity index (χ1v) is 5.42. The van der Waals surface area contributed by atoms with E-state index in [-0.39, 0.29) is 5.91 Å². The fourth-order valence-electron chi connectivity index (χ4n) is 1.52. The van der Waals surface area contributed by atoms with Crippen molar-refractivity contribution in [3.05, 3.63) is 0 Å². The second-order valence-electron chi connectivity index (χ2n) is 3.94. The normalized spacial score (nSPS) is 18.3. The van der Waals surface area contributed by atoms with Crippen LogP contribution in [0.2, 0.25) is 0 Å². The molecule has 4 nitrogen and oxygen atoms in total. The minimum Gasteiger partial charge on any atom is -0.353 e. The Kier molecular flexibility index (Phi) is 4.35. The number of likely N-dealkylation sites (N-methyl/N-ethyl adjacent to an activating group) is 1. The summed E-state index contributed by atoms with van der Waals surface area (Å²) in [5.74, 6) is -0.0585. The minimum absolute atomic E-state index is 0.0585. The summed E-state index contributed by atoms with van der Waals surface area (Å²) in [5.41, 5.74) is 5.43. The highest BCUT2D eigenvalue weighted by atomic mass is 16.2. The molecule has 0 saturated heterocycles. The number of amides is 1. The number of rotatable bonds is 6. The van der Waals surface area contributed by atoms with Gasteiger partial charge in [-0.3, -0.25) is 9.69 Å². The molecule has 0 radical (unpaired) electrons. The van der Waals surface area contributed by atoms with Gasteiger partial charge in [0.15, 0.2) is 0 Å². The van der Waals surface area contributed by atoms with Crippen LogP contribution in [0, 0.1) is 0 Å². The van der Waals surface area contributed by atoms with Crippen molar-refractivity contribution in [2.24, 2.45) is 5.73 Å². The van der Waals surface area contributed by atoms with E-state index in [2.05, 4.69) is 17.1 Å². The molecule has 82 valence electrons. The third kappa shape index (κ3) is 3.64. The van der Waals surface area contributed by atoms with Crippen LogP contribution in [0.1, 0.15) is 26.7 Å². The quantitative estimate of drug-likeness (QED) is 0.630. The molecule has 0 aromatic heterocycles. The summed E-state index contributed by atoms with van der Waals surface area (Å²) >= 11 is 0. The van der Waals surface area contributed by atoms with E-state index in [0.29, 0.717) is 6.54 Å². The van der Waals surface area contributed by atoms with Crippen LogP contribution in [0.25, 0.3) is 0 Å². The van der Waals surface area contributed by atoms with Crippen molar-refractivity contribution in [1.82, 2.24) is 10.2 Å². The van der Waals surface area contributed by atoms with Crippen LogP contribution in [0.4, 0.5) is 0 Å². The molecule has 1 rings (SSSR count). The van der Waals surface area contributed by atoms with Crippen molar-refractivity contribution in [2.45, 2.75) is 38.8 Å². The number of nitrogens with two attached hydrogens (primary N) is 1. The maximum Gasteiger partial charge on any atom is 0.236 e. The largest absolute Gasteiger partial charge is 0.353 e. The van der Waals surface area contributed by atoms with E-state index in [1.807, 2.05) is 0 Å². The van der Waals surface area contributed by atoms with Gasteiger partial charge in [-0.15, -0.1) is 0 Å². The zero-order chi connectivity index (χ0) is 10.6. The van der Waals surface area contributed by atoms with E-state index in [4.69, 9.17) is 5.73 Å². The number of nitrogens with one attached hydrogen (secondary N) is 1. The van der Waals surface area contributed by atoms with Crippen molar-refractivity contribution < 1.29 is 4.79 Å². The minimum atomic E-state index is -0.397. The second kappa shape index (κ2) is 5.32. The molecule has 0 aliphatic heterocycles. The van der Waals surface area contributed by atoms with E-state index in [9.17, 15) is 4.79 Å². The maximum absolute atomic E-state index is 11.1. The van der Waals surface area contributed by atoms with Crippen LogP contribution in [0.15, 0.2) is 0 Å². The van der Waals surface area contributed by atoms with E-state index in [0.717, 1.165) is 19.1 Å². The maximum atomic E-state index is 11.1. The smallest absolute Gasteiger partial charge is 0.236 e. The van der Waals surface area contributed by atoms with Crippen molar-refractivity contribution in [1.29, 1.82) is 0 Å². The van der Waals surface area contributed by atoms with Gasteiger partial charge in [0, 0.05) is 19.1 Å². The molecule has 0 aromatic carbocycles. The first kappa shape index (κ1) is 11.5. The lowest BCUT2D eigenvalue weighted by Crippen LogP contribution is -2.42. The van der Waals surface area contributed by atoms with Crippen molar-refractivity contribution in [2.75, 3.05) is 19.6 Å². The van der Waals surface area contributed by atoms with Gasteiger partial charge in [-0.1, -0.05) is 6.92 Å². The Labute approximate surface area is 85.8 Å². The van der Waals surface area contributed by atoms with Crippen LogP contribution in [-0.2, 0) is 4.79 Å². The molecule has 1 atom stereocenters. The van der Waals surface area contributed by atoms with Crippen molar-refractivity contribution >= 4 is 5.91 Å². The molecule has 0 aromatic rings. The molecule has 0 unspecified atom stereocenters. The molecule has 4 heteroatoms. The molecule has 3 N–H and O–H groups in total. The highest BCUT2D eigenvalue weighted by Crippen LogP contribution is 2.25. The third-order valence-corrected chi connectivity index (χ3v) is 2.58. The summed E-state index contributed by atoms with van der Waals surface area (Å²) in [6.07, 6.45) is 2.63. The second-order valence-corrected chi connectivity index (χ2v) is 3.94. The predicted molar refractivity (Wildman–Crippen MR) is 56.9 cm³/mol. The van der Waals surface area contributed by atoms with Gasteiger partial charge in [0.05, 0.1) is 6.04 Å². The molecule has 0 bridgehead atoms. The third-order valence-electron chi connectivity index (χ3n) is 2.58. The fraction of sp³-hybridized carbons (Fsp3) is 0.900. The Morgan fingerprint density at radius 2 is 2.29 bits per heavy atom. The highest BCUT2D eigenvalue weighted by molar-refractivity contribution is 5.80. The molecule has 1 saturated carbocycles. The van der Waals surface area contributed by atoms with E-state index >= 15 is 0 Å². The molecule has 0 heterocycles. The first-order chi connectivity index (χ1) is 6.65. The lowest BCUT2D eigenvalue weighted by atomic mass is 10.3. The molecule has 1 fully saturated rings. The number of carbonyl (C=O) groups excluding carboxylic acids is 1. The van der Waals surface area contributed by atoms with Crippen LogP contribution >= 0.6 is 0 Å². The van der Waals surface area contributed by atoms with Gasteiger partial charge >= 0.3 is 0 Å². The van der Waals surface area contributed by atoms with E-state index in [1.54, 1.807) is 6.92 Å². The average molecular weight is 199 g/mol. The van der Waals surface area contributed by atoms with Gasteiger partial charge in [-0.05, 0) is 26.3 Å². The molecule has 14 heavy (non-hydrogen) atoms. The van der Waals surface area contributed by atoms with Gasteiger partial charge in [0.2, 0.25) is 5.91 Å². The summed E-state index contributed by atoms with van der Waals surface area (Å²) in [5, 5.41) is 2.82. The Morgan fingerprint density at radius 3 is 2.71 bits per heavy atom. The van der Waals surface area contributed by atoms with Crippen molar-refractivity contribution in [3.63, 3.8) is 0 Å². The van der Waals surface area contributed by atoms with E-state index < -0.39 is 6.04 Å². The lowest BCUT2D eigenvalue weighted by Gasteiger charge is -2.20. The molecule has 0 spiro atoms. The van der Waals surface area contributed by atoms with E-state index in [1.165, 1.54) is 12.8 Å². The van der Waals surface area contributed by atoms with Gasteiger partial charge < -0.3 is 11.1 Å². The van der Waals surface area contributed by atoms with Gasteiger partial charge in [-0.2, -0.15) is 0 Å². The standard InChI is InChI=1S/C10H21N3O/c1-3-13(9-4-5-9)7-6-12-10(14)8(2)11/h8-9H,3-7,11H2,1-2H3,(H,12,14)/t8-/m1/s1. The highest BCUT2D eigenvalue weighted by Gasteiger charge is 2.27. The zero-order valence-electron chi connectivity index (χ0n) is 9.12. The topological polar surface area (TPSA) is 58.4 Å². The number of nitrogens with zero attached hydrogens (tertiary/aromatic N) is 1. The molecule has 1 amide bonds. The van der Waals surface area contributed by atoms with Crippen molar-refractivity contribution in [3.8, 4) is 0 Å². The van der Waals surface area contributed by atoms with Crippen LogP contribution in [0.3, 0.4) is 0 Å².